The van der Waals surface area contributed by atoms with Crippen molar-refractivity contribution in [3.63, 3.8) is 0 Å². The summed E-state index contributed by atoms with van der Waals surface area (Å²) in [6.07, 6.45) is 2.08. The highest BCUT2D eigenvalue weighted by molar-refractivity contribution is 6.34. The maximum atomic E-state index is 6.06. The Morgan fingerprint density at radius 2 is 1.60 bits per heavy atom. The lowest BCUT2D eigenvalue weighted by Crippen LogP contribution is -2.11. The van der Waals surface area contributed by atoms with Crippen molar-refractivity contribution in [2.45, 2.75) is 32.7 Å². The smallest absolute Gasteiger partial charge is 0.0424 e. The summed E-state index contributed by atoms with van der Waals surface area (Å²) in [6.45, 7) is 4.38. The van der Waals surface area contributed by atoms with Gasteiger partial charge in [-0.25, -0.2) is 0 Å². The molecule has 2 N–H and O–H groups in total. The molecule has 0 spiro atoms. The van der Waals surface area contributed by atoms with E-state index in [0.717, 1.165) is 18.4 Å². The summed E-state index contributed by atoms with van der Waals surface area (Å²) in [5.74, 6) is 0.672. The summed E-state index contributed by atoms with van der Waals surface area (Å²) in [6, 6.07) is 5.53. The molecule has 0 saturated heterocycles. The van der Waals surface area contributed by atoms with E-state index >= 15 is 0 Å². The van der Waals surface area contributed by atoms with Gasteiger partial charge >= 0.3 is 0 Å². The monoisotopic (exact) mass is 245 g/mol. The second-order valence-corrected chi connectivity index (χ2v) is 5.15. The molecule has 0 aliphatic rings. The first-order valence-electron chi connectivity index (χ1n) is 5.20. The minimum Gasteiger partial charge on any atom is -0.324 e. The van der Waals surface area contributed by atoms with Gasteiger partial charge in [0.2, 0.25) is 0 Å². The molecule has 1 rings (SSSR count). The average Bonchev–Trinajstić information content (AvgIpc) is 2.12. The van der Waals surface area contributed by atoms with Crippen LogP contribution in [0.2, 0.25) is 10.0 Å². The molecule has 1 unspecified atom stereocenters. The molecule has 0 amide bonds. The fourth-order valence-corrected chi connectivity index (χ4v) is 2.01. The minimum absolute atomic E-state index is 0.0311. The fourth-order valence-electron chi connectivity index (χ4n) is 1.47. The van der Waals surface area contributed by atoms with E-state index in [1.165, 1.54) is 0 Å². The van der Waals surface area contributed by atoms with Crippen molar-refractivity contribution < 1.29 is 0 Å². The Balaban J connectivity index is 2.68. The molecule has 84 valence electrons. The van der Waals surface area contributed by atoms with Crippen molar-refractivity contribution in [3.8, 4) is 0 Å². The predicted molar refractivity (Wildman–Crippen MR) is 67.5 cm³/mol. The zero-order chi connectivity index (χ0) is 11.4. The van der Waals surface area contributed by atoms with Crippen molar-refractivity contribution in [1.29, 1.82) is 0 Å². The molecule has 0 aliphatic carbocycles. The second-order valence-electron chi connectivity index (χ2n) is 4.28. The number of benzene rings is 1. The fraction of sp³-hybridized carbons (Fsp3) is 0.500. The Bertz CT molecular complexity index is 303. The van der Waals surface area contributed by atoms with Crippen molar-refractivity contribution in [2.24, 2.45) is 11.7 Å². The van der Waals surface area contributed by atoms with Crippen LogP contribution in [0.25, 0.3) is 0 Å². The Kier molecular flexibility index (Phi) is 4.91. The van der Waals surface area contributed by atoms with Gasteiger partial charge in [0.25, 0.3) is 0 Å². The number of hydrogen-bond acceptors (Lipinski definition) is 1. The number of hydrogen-bond donors (Lipinski definition) is 1. The Hall–Kier alpha value is -0.240. The highest BCUT2D eigenvalue weighted by Gasteiger charge is 2.08. The second kappa shape index (κ2) is 5.74. The van der Waals surface area contributed by atoms with E-state index < -0.39 is 0 Å². The predicted octanol–water partition coefficient (Wildman–Crippen LogP) is 4.43. The molecule has 0 radical (unpaired) electrons. The molecule has 0 aliphatic heterocycles. The van der Waals surface area contributed by atoms with Gasteiger partial charge in [-0.3, -0.25) is 0 Å². The lowest BCUT2D eigenvalue weighted by atomic mass is 9.98. The maximum Gasteiger partial charge on any atom is 0.0424 e. The zero-order valence-electron chi connectivity index (χ0n) is 9.13. The largest absolute Gasteiger partial charge is 0.324 e. The van der Waals surface area contributed by atoms with Crippen LogP contribution >= 0.6 is 23.2 Å². The number of halogens is 2. The van der Waals surface area contributed by atoms with Gasteiger partial charge in [-0.2, -0.15) is 0 Å². The minimum atomic E-state index is 0.0311. The zero-order valence-corrected chi connectivity index (χ0v) is 10.6. The van der Waals surface area contributed by atoms with E-state index in [-0.39, 0.29) is 6.04 Å². The third-order valence-corrected chi connectivity index (χ3v) is 2.80. The van der Waals surface area contributed by atoms with Crippen LogP contribution < -0.4 is 5.73 Å². The summed E-state index contributed by atoms with van der Waals surface area (Å²) in [7, 11) is 0. The van der Waals surface area contributed by atoms with E-state index in [0.29, 0.717) is 16.0 Å². The van der Waals surface area contributed by atoms with Crippen LogP contribution in [0, 0.1) is 5.92 Å². The normalized spacial score (nSPS) is 13.2. The van der Waals surface area contributed by atoms with Crippen molar-refractivity contribution in [1.82, 2.24) is 0 Å². The molecule has 0 saturated carbocycles. The van der Waals surface area contributed by atoms with Crippen LogP contribution in [-0.2, 0) is 0 Å². The van der Waals surface area contributed by atoms with Crippen LogP contribution in [-0.4, -0.2) is 0 Å². The van der Waals surface area contributed by atoms with Gasteiger partial charge in [0.05, 0.1) is 0 Å². The molecule has 0 fully saturated rings. The van der Waals surface area contributed by atoms with Crippen molar-refractivity contribution in [2.75, 3.05) is 0 Å². The van der Waals surface area contributed by atoms with Crippen LogP contribution in [0.5, 0.6) is 0 Å². The molecule has 1 aromatic carbocycles. The molecule has 15 heavy (non-hydrogen) atoms. The quantitative estimate of drug-likeness (QED) is 0.835. The third kappa shape index (κ3) is 4.42. The molecule has 0 aromatic heterocycles. The standard InChI is InChI=1S/C12H17Cl2N/c1-8(2)3-4-12(15)9-5-10(13)7-11(14)6-9/h5-8,12H,3-4,15H2,1-2H3. The summed E-state index contributed by atoms with van der Waals surface area (Å²) >= 11 is 11.8. The van der Waals surface area contributed by atoms with E-state index in [1.807, 2.05) is 12.1 Å². The van der Waals surface area contributed by atoms with Gasteiger partial charge in [0.15, 0.2) is 0 Å². The van der Waals surface area contributed by atoms with Gasteiger partial charge in [0.1, 0.15) is 0 Å². The molecular formula is C12H17Cl2N. The molecular weight excluding hydrogens is 229 g/mol. The van der Waals surface area contributed by atoms with E-state index in [4.69, 9.17) is 28.9 Å². The third-order valence-electron chi connectivity index (χ3n) is 2.37. The first kappa shape index (κ1) is 12.8. The topological polar surface area (TPSA) is 26.0 Å². The Morgan fingerprint density at radius 1 is 1.07 bits per heavy atom. The molecule has 3 heteroatoms. The lowest BCUT2D eigenvalue weighted by molar-refractivity contribution is 0.507. The highest BCUT2D eigenvalue weighted by Crippen LogP contribution is 2.25. The van der Waals surface area contributed by atoms with Gasteiger partial charge in [-0.05, 0) is 42.5 Å². The van der Waals surface area contributed by atoms with Crippen LogP contribution in [0.3, 0.4) is 0 Å². The average molecular weight is 246 g/mol. The lowest BCUT2D eigenvalue weighted by Gasteiger charge is -2.14. The summed E-state index contributed by atoms with van der Waals surface area (Å²) < 4.78 is 0. The SMILES string of the molecule is CC(C)CCC(N)c1cc(Cl)cc(Cl)c1. The van der Waals surface area contributed by atoms with Crippen LogP contribution in [0.15, 0.2) is 18.2 Å². The van der Waals surface area contributed by atoms with E-state index in [2.05, 4.69) is 13.8 Å². The Labute approximate surface area is 102 Å². The van der Waals surface area contributed by atoms with Crippen molar-refractivity contribution >= 4 is 23.2 Å². The first-order valence-corrected chi connectivity index (χ1v) is 5.96. The summed E-state index contributed by atoms with van der Waals surface area (Å²) in [5.41, 5.74) is 7.09. The number of nitrogens with two attached hydrogens (primary N) is 1. The van der Waals surface area contributed by atoms with Crippen LogP contribution in [0.1, 0.15) is 38.3 Å². The Morgan fingerprint density at radius 3 is 2.07 bits per heavy atom. The first-order chi connectivity index (χ1) is 6.99. The van der Waals surface area contributed by atoms with Crippen LogP contribution in [0.4, 0.5) is 0 Å². The highest BCUT2D eigenvalue weighted by atomic mass is 35.5. The van der Waals surface area contributed by atoms with E-state index in [1.54, 1.807) is 6.07 Å². The number of rotatable bonds is 4. The van der Waals surface area contributed by atoms with Gasteiger partial charge in [0, 0.05) is 16.1 Å². The molecule has 0 heterocycles. The molecule has 1 nitrogen and oxygen atoms in total. The molecule has 1 atom stereocenters. The van der Waals surface area contributed by atoms with Gasteiger partial charge in [-0.15, -0.1) is 0 Å². The van der Waals surface area contributed by atoms with Gasteiger partial charge < -0.3 is 5.73 Å². The van der Waals surface area contributed by atoms with Gasteiger partial charge in [-0.1, -0.05) is 37.0 Å². The summed E-state index contributed by atoms with van der Waals surface area (Å²) in [4.78, 5) is 0. The maximum absolute atomic E-state index is 6.06. The molecule has 0 bridgehead atoms. The van der Waals surface area contributed by atoms with Crippen molar-refractivity contribution in [3.05, 3.63) is 33.8 Å². The van der Waals surface area contributed by atoms with E-state index in [9.17, 15) is 0 Å². The summed E-state index contributed by atoms with van der Waals surface area (Å²) in [5, 5.41) is 1.30. The molecule has 1 aromatic rings.